The molecule has 0 atom stereocenters. The highest BCUT2D eigenvalue weighted by Crippen LogP contribution is 2.17. The molecule has 128 valence electrons. The average Bonchev–Trinajstić information content (AvgIpc) is 3.11. The Labute approximate surface area is 157 Å². The van der Waals surface area contributed by atoms with E-state index in [2.05, 4.69) is 50.0 Å². The van der Waals surface area contributed by atoms with Crippen molar-refractivity contribution >= 4 is 41.3 Å². The number of aromatic nitrogens is 3. The normalized spacial score (nSPS) is 11.4. The molecule has 0 saturated carbocycles. The number of halogens is 1. The van der Waals surface area contributed by atoms with Crippen molar-refractivity contribution in [2.75, 3.05) is 6.54 Å². The molecular weight excluding hydrogens is 427 g/mol. The second-order valence-corrected chi connectivity index (χ2v) is 6.05. The zero-order chi connectivity index (χ0) is 15.9. The van der Waals surface area contributed by atoms with E-state index in [0.29, 0.717) is 36.7 Å². The molecule has 0 aliphatic heterocycles. The van der Waals surface area contributed by atoms with Crippen molar-refractivity contribution in [2.24, 2.45) is 4.99 Å². The molecular formula is C14H23IN6OS. The first-order valence-corrected chi connectivity index (χ1v) is 8.22. The Bertz CT molecular complexity index is 624. The number of nitrogens with zero attached hydrogens (tertiary/aromatic N) is 4. The molecule has 0 unspecified atom stereocenters. The smallest absolute Gasteiger partial charge is 0.248 e. The van der Waals surface area contributed by atoms with Crippen molar-refractivity contribution < 1.29 is 4.52 Å². The van der Waals surface area contributed by atoms with E-state index in [1.165, 1.54) is 0 Å². The summed E-state index contributed by atoms with van der Waals surface area (Å²) in [4.78, 5) is 13.2. The topological polar surface area (TPSA) is 88.2 Å². The van der Waals surface area contributed by atoms with Gasteiger partial charge in [-0.1, -0.05) is 19.0 Å². The first-order valence-electron chi connectivity index (χ1n) is 7.34. The monoisotopic (exact) mass is 450 g/mol. The quantitative estimate of drug-likeness (QED) is 0.400. The van der Waals surface area contributed by atoms with Gasteiger partial charge in [0.2, 0.25) is 5.89 Å². The molecule has 2 aromatic heterocycles. The van der Waals surface area contributed by atoms with Gasteiger partial charge in [0, 0.05) is 11.9 Å². The predicted octanol–water partition coefficient (Wildman–Crippen LogP) is 2.83. The van der Waals surface area contributed by atoms with Crippen LogP contribution in [0.25, 0.3) is 0 Å². The lowest BCUT2D eigenvalue weighted by Gasteiger charge is -2.09. The van der Waals surface area contributed by atoms with Gasteiger partial charge >= 0.3 is 0 Å². The van der Waals surface area contributed by atoms with Crippen LogP contribution in [0.4, 0.5) is 0 Å². The second kappa shape index (κ2) is 9.81. The van der Waals surface area contributed by atoms with E-state index < -0.39 is 0 Å². The highest BCUT2D eigenvalue weighted by atomic mass is 127. The van der Waals surface area contributed by atoms with Crippen molar-refractivity contribution in [1.29, 1.82) is 0 Å². The molecule has 0 spiro atoms. The Morgan fingerprint density at radius 2 is 2.13 bits per heavy atom. The summed E-state index contributed by atoms with van der Waals surface area (Å²) in [6.45, 7) is 9.87. The third-order valence-corrected chi connectivity index (χ3v) is 3.72. The Morgan fingerprint density at radius 3 is 2.70 bits per heavy atom. The highest BCUT2D eigenvalue weighted by molar-refractivity contribution is 14.0. The summed E-state index contributed by atoms with van der Waals surface area (Å²) in [6, 6.07) is 0. The van der Waals surface area contributed by atoms with E-state index in [9.17, 15) is 0 Å². The lowest BCUT2D eigenvalue weighted by atomic mass is 10.2. The molecule has 0 fully saturated rings. The fourth-order valence-electron chi connectivity index (χ4n) is 1.72. The summed E-state index contributed by atoms with van der Waals surface area (Å²) in [6.07, 6.45) is 0. The van der Waals surface area contributed by atoms with Crippen LogP contribution in [-0.4, -0.2) is 27.6 Å². The third kappa shape index (κ3) is 6.42. The standard InChI is InChI=1S/C14H22N6OS.HI/c1-5-15-14(16-6-12-18-10(4)20-21-12)17-7-13-19-11(8-22-13)9(2)3;/h8-9H,5-7H2,1-4H3,(H2,15,16,17);1H. The van der Waals surface area contributed by atoms with E-state index in [-0.39, 0.29) is 24.0 Å². The van der Waals surface area contributed by atoms with Gasteiger partial charge in [0.05, 0.1) is 12.2 Å². The first-order chi connectivity index (χ1) is 10.6. The van der Waals surface area contributed by atoms with Crippen molar-refractivity contribution in [1.82, 2.24) is 25.8 Å². The fraction of sp³-hybridized carbons (Fsp3) is 0.571. The minimum absolute atomic E-state index is 0. The fourth-order valence-corrected chi connectivity index (χ4v) is 2.62. The molecule has 2 aromatic rings. The van der Waals surface area contributed by atoms with Gasteiger partial charge in [-0.3, -0.25) is 0 Å². The average molecular weight is 450 g/mol. The lowest BCUT2D eigenvalue weighted by molar-refractivity contribution is 0.376. The Morgan fingerprint density at radius 1 is 1.35 bits per heavy atom. The molecule has 0 amide bonds. The molecule has 0 aliphatic rings. The van der Waals surface area contributed by atoms with Gasteiger partial charge in [0.15, 0.2) is 11.8 Å². The summed E-state index contributed by atoms with van der Waals surface area (Å²) >= 11 is 1.66. The molecule has 2 N–H and O–H groups in total. The van der Waals surface area contributed by atoms with E-state index in [4.69, 9.17) is 4.52 Å². The highest BCUT2D eigenvalue weighted by Gasteiger charge is 2.07. The van der Waals surface area contributed by atoms with Crippen LogP contribution in [0.3, 0.4) is 0 Å². The third-order valence-electron chi connectivity index (χ3n) is 2.85. The van der Waals surface area contributed by atoms with Crippen molar-refractivity contribution in [2.45, 2.75) is 46.7 Å². The predicted molar refractivity (Wildman–Crippen MR) is 102 cm³/mol. The van der Waals surface area contributed by atoms with Crippen molar-refractivity contribution in [3.05, 3.63) is 27.8 Å². The van der Waals surface area contributed by atoms with E-state index >= 15 is 0 Å². The Balaban J connectivity index is 0.00000264. The van der Waals surface area contributed by atoms with Gasteiger partial charge in [-0.05, 0) is 19.8 Å². The van der Waals surface area contributed by atoms with Gasteiger partial charge in [0.25, 0.3) is 0 Å². The SMILES string of the molecule is CCNC(=NCc1nc(C)no1)NCc1nc(C(C)C)cs1.I. The number of thiazole rings is 1. The molecule has 2 rings (SSSR count). The van der Waals surface area contributed by atoms with Gasteiger partial charge in [-0.15, -0.1) is 35.3 Å². The van der Waals surface area contributed by atoms with Gasteiger partial charge in [-0.2, -0.15) is 4.98 Å². The molecule has 23 heavy (non-hydrogen) atoms. The molecule has 9 heteroatoms. The zero-order valence-corrected chi connectivity index (χ0v) is 16.9. The molecule has 0 bridgehead atoms. The number of aliphatic imine (C=N–C) groups is 1. The van der Waals surface area contributed by atoms with Crippen LogP contribution in [-0.2, 0) is 13.1 Å². The number of hydrogen-bond acceptors (Lipinski definition) is 6. The van der Waals surface area contributed by atoms with E-state index in [0.717, 1.165) is 17.2 Å². The Hall–Kier alpha value is -1.23. The molecule has 0 saturated heterocycles. The van der Waals surface area contributed by atoms with Crippen molar-refractivity contribution in [3.8, 4) is 0 Å². The molecule has 0 aromatic carbocycles. The molecule has 7 nitrogen and oxygen atoms in total. The Kier molecular flexibility index (Phi) is 8.45. The van der Waals surface area contributed by atoms with Gasteiger partial charge < -0.3 is 15.2 Å². The number of guanidine groups is 1. The summed E-state index contributed by atoms with van der Waals surface area (Å²) in [5.74, 6) is 2.28. The zero-order valence-electron chi connectivity index (χ0n) is 13.8. The summed E-state index contributed by atoms with van der Waals surface area (Å²) < 4.78 is 5.05. The van der Waals surface area contributed by atoms with Crippen molar-refractivity contribution in [3.63, 3.8) is 0 Å². The molecule has 2 heterocycles. The van der Waals surface area contributed by atoms with Crippen LogP contribution < -0.4 is 10.6 Å². The maximum atomic E-state index is 5.05. The maximum absolute atomic E-state index is 5.05. The largest absolute Gasteiger partial charge is 0.357 e. The maximum Gasteiger partial charge on any atom is 0.248 e. The van der Waals surface area contributed by atoms with Crippen LogP contribution in [0.2, 0.25) is 0 Å². The van der Waals surface area contributed by atoms with Gasteiger partial charge in [-0.25, -0.2) is 9.98 Å². The molecule has 0 aliphatic carbocycles. The van der Waals surface area contributed by atoms with Gasteiger partial charge in [0.1, 0.15) is 11.6 Å². The lowest BCUT2D eigenvalue weighted by Crippen LogP contribution is -2.36. The summed E-state index contributed by atoms with van der Waals surface area (Å²) in [5.41, 5.74) is 1.13. The van der Waals surface area contributed by atoms with E-state index in [1.807, 2.05) is 6.92 Å². The first kappa shape index (κ1) is 19.8. The van der Waals surface area contributed by atoms with Crippen LogP contribution in [0.1, 0.15) is 49.1 Å². The number of nitrogens with one attached hydrogen (secondary N) is 2. The van der Waals surface area contributed by atoms with Crippen LogP contribution in [0.15, 0.2) is 14.9 Å². The van der Waals surface area contributed by atoms with Crippen LogP contribution in [0.5, 0.6) is 0 Å². The molecule has 0 radical (unpaired) electrons. The number of hydrogen-bond donors (Lipinski definition) is 2. The summed E-state index contributed by atoms with van der Waals surface area (Å²) in [5, 5.41) is 13.3. The second-order valence-electron chi connectivity index (χ2n) is 5.10. The van der Waals surface area contributed by atoms with Crippen LogP contribution in [0, 0.1) is 6.92 Å². The summed E-state index contributed by atoms with van der Waals surface area (Å²) in [7, 11) is 0. The number of rotatable bonds is 6. The van der Waals surface area contributed by atoms with E-state index in [1.54, 1.807) is 18.3 Å². The number of aryl methyl sites for hydroxylation is 1. The minimum Gasteiger partial charge on any atom is -0.357 e. The van der Waals surface area contributed by atoms with Crippen LogP contribution >= 0.6 is 35.3 Å². The minimum atomic E-state index is 0.